The quantitative estimate of drug-likeness (QED) is 0.735. The van der Waals surface area contributed by atoms with Crippen LogP contribution in [0.5, 0.6) is 0 Å². The number of ether oxygens (including phenoxy) is 1. The van der Waals surface area contributed by atoms with Crippen molar-refractivity contribution in [3.63, 3.8) is 0 Å². The number of fused-ring (bicyclic) bond motifs is 1. The molecule has 0 amide bonds. The summed E-state index contributed by atoms with van der Waals surface area (Å²) in [6.07, 6.45) is 0. The molecule has 0 aliphatic heterocycles. The summed E-state index contributed by atoms with van der Waals surface area (Å²) in [5.41, 5.74) is -0.111. The molecule has 2 aromatic carbocycles. The van der Waals surface area contributed by atoms with Crippen LogP contribution in [-0.2, 0) is 22.7 Å². The number of aromatic amines is 1. The Morgan fingerprint density at radius 3 is 2.62 bits per heavy atom. The molecule has 1 aromatic heterocycles. The highest BCUT2D eigenvalue weighted by Gasteiger charge is 2.12. The first-order valence-corrected chi connectivity index (χ1v) is 7.54. The van der Waals surface area contributed by atoms with Crippen LogP contribution >= 0.6 is 11.6 Å². The molecule has 7 heteroatoms. The van der Waals surface area contributed by atoms with E-state index in [2.05, 4.69) is 4.98 Å². The molecule has 1 heterocycles. The van der Waals surface area contributed by atoms with Crippen LogP contribution in [0.1, 0.15) is 5.56 Å². The van der Waals surface area contributed by atoms with Crippen molar-refractivity contribution in [2.24, 2.45) is 0 Å². The summed E-state index contributed by atoms with van der Waals surface area (Å²) in [6.45, 7) is -0.380. The van der Waals surface area contributed by atoms with Crippen LogP contribution in [0.2, 0.25) is 5.02 Å². The number of halogens is 1. The number of aromatic nitrogens is 2. The number of nitrogens with one attached hydrogen (secondary N) is 1. The molecule has 122 valence electrons. The number of carbonyl (C=O) groups is 1. The largest absolute Gasteiger partial charge is 0.459 e. The lowest BCUT2D eigenvalue weighted by atomic mass is 10.2. The molecular weight excluding hydrogens is 332 g/mol. The normalized spacial score (nSPS) is 10.7. The van der Waals surface area contributed by atoms with E-state index in [1.807, 2.05) is 30.3 Å². The van der Waals surface area contributed by atoms with Gasteiger partial charge >= 0.3 is 11.7 Å². The van der Waals surface area contributed by atoms with Gasteiger partial charge in [0.1, 0.15) is 13.2 Å². The number of hydrogen-bond acceptors (Lipinski definition) is 4. The second kappa shape index (κ2) is 6.72. The van der Waals surface area contributed by atoms with Crippen molar-refractivity contribution in [2.75, 3.05) is 0 Å². The predicted octanol–water partition coefficient (Wildman–Crippen LogP) is 2.09. The summed E-state index contributed by atoms with van der Waals surface area (Å²) in [7, 11) is 0. The van der Waals surface area contributed by atoms with Gasteiger partial charge < -0.3 is 9.72 Å². The molecule has 0 saturated heterocycles. The molecule has 6 nitrogen and oxygen atoms in total. The fraction of sp³-hybridized carbons (Fsp3) is 0.118. The zero-order valence-electron chi connectivity index (χ0n) is 12.5. The van der Waals surface area contributed by atoms with Gasteiger partial charge in [-0.1, -0.05) is 41.9 Å². The summed E-state index contributed by atoms with van der Waals surface area (Å²) in [6, 6.07) is 13.7. The van der Waals surface area contributed by atoms with Crippen LogP contribution in [0.4, 0.5) is 0 Å². The van der Waals surface area contributed by atoms with E-state index in [0.29, 0.717) is 10.5 Å². The van der Waals surface area contributed by atoms with Crippen LogP contribution in [0.3, 0.4) is 0 Å². The third-order valence-corrected chi connectivity index (χ3v) is 3.71. The molecule has 3 aromatic rings. The second-order valence-corrected chi connectivity index (χ2v) is 5.59. The molecule has 0 radical (unpaired) electrons. The fourth-order valence-electron chi connectivity index (χ4n) is 2.28. The molecule has 0 unspecified atom stereocenters. The van der Waals surface area contributed by atoms with Gasteiger partial charge in [-0.05, 0) is 23.8 Å². The molecular formula is C17H13ClN2O4. The van der Waals surface area contributed by atoms with E-state index in [-0.39, 0.29) is 12.0 Å². The Balaban J connectivity index is 1.82. The smallest absolute Gasteiger partial charge is 0.329 e. The Labute approximate surface area is 141 Å². The molecule has 0 aliphatic rings. The number of rotatable bonds is 4. The highest BCUT2D eigenvalue weighted by Crippen LogP contribution is 2.13. The first-order valence-electron chi connectivity index (χ1n) is 7.16. The van der Waals surface area contributed by atoms with Crippen molar-refractivity contribution in [1.82, 2.24) is 9.55 Å². The number of H-pyrrole nitrogens is 1. The molecule has 0 fully saturated rings. The number of nitrogens with zero attached hydrogens (tertiary/aromatic N) is 1. The molecule has 0 bridgehead atoms. The van der Waals surface area contributed by atoms with E-state index in [9.17, 15) is 14.4 Å². The van der Waals surface area contributed by atoms with Crippen LogP contribution in [0, 0.1) is 0 Å². The Bertz CT molecular complexity index is 1010. The summed E-state index contributed by atoms with van der Waals surface area (Å²) in [5, 5.41) is 0.674. The number of esters is 1. The maximum atomic E-state index is 12.4. The minimum Gasteiger partial charge on any atom is -0.459 e. The van der Waals surface area contributed by atoms with E-state index in [0.717, 1.165) is 10.1 Å². The molecule has 0 saturated carbocycles. The summed E-state index contributed by atoms with van der Waals surface area (Å²) < 4.78 is 5.91. The van der Waals surface area contributed by atoms with E-state index in [4.69, 9.17) is 16.3 Å². The molecule has 0 spiro atoms. The fourth-order valence-corrected chi connectivity index (χ4v) is 2.46. The van der Waals surface area contributed by atoms with Gasteiger partial charge in [0, 0.05) is 5.02 Å². The minimum absolute atomic E-state index is 0.0789. The topological polar surface area (TPSA) is 81.2 Å². The number of hydrogen-bond donors (Lipinski definition) is 1. The Hall–Kier alpha value is -2.86. The third-order valence-electron chi connectivity index (χ3n) is 3.47. The van der Waals surface area contributed by atoms with Gasteiger partial charge in [0.25, 0.3) is 5.56 Å². The van der Waals surface area contributed by atoms with Crippen molar-refractivity contribution < 1.29 is 9.53 Å². The lowest BCUT2D eigenvalue weighted by Crippen LogP contribution is -2.37. The SMILES string of the molecule is O=C(Cn1c(=O)[nH]c2cc(Cl)ccc2c1=O)OCc1ccccc1. The summed E-state index contributed by atoms with van der Waals surface area (Å²) >= 11 is 5.84. The van der Waals surface area contributed by atoms with Crippen LogP contribution in [0.15, 0.2) is 58.1 Å². The monoisotopic (exact) mass is 344 g/mol. The van der Waals surface area contributed by atoms with Crippen molar-refractivity contribution in [3.05, 3.63) is 80.0 Å². The van der Waals surface area contributed by atoms with Crippen LogP contribution in [0.25, 0.3) is 10.9 Å². The highest BCUT2D eigenvalue weighted by atomic mass is 35.5. The van der Waals surface area contributed by atoms with Gasteiger partial charge in [0.2, 0.25) is 0 Å². The Morgan fingerprint density at radius 1 is 1.12 bits per heavy atom. The Kier molecular flexibility index (Phi) is 4.48. The zero-order valence-corrected chi connectivity index (χ0v) is 13.2. The van der Waals surface area contributed by atoms with Gasteiger partial charge in [-0.15, -0.1) is 0 Å². The van der Waals surface area contributed by atoms with E-state index >= 15 is 0 Å². The average molecular weight is 345 g/mol. The molecule has 0 atom stereocenters. The van der Waals surface area contributed by atoms with E-state index < -0.39 is 23.8 Å². The third kappa shape index (κ3) is 3.38. The van der Waals surface area contributed by atoms with Crippen LogP contribution in [-0.4, -0.2) is 15.5 Å². The second-order valence-electron chi connectivity index (χ2n) is 5.16. The summed E-state index contributed by atoms with van der Waals surface area (Å²) in [5.74, 6) is -0.667. The van der Waals surface area contributed by atoms with Crippen molar-refractivity contribution in [2.45, 2.75) is 13.2 Å². The van der Waals surface area contributed by atoms with Gasteiger partial charge in [0.05, 0.1) is 10.9 Å². The molecule has 3 rings (SSSR count). The summed E-state index contributed by atoms with van der Waals surface area (Å²) in [4.78, 5) is 38.9. The minimum atomic E-state index is -0.688. The van der Waals surface area contributed by atoms with Gasteiger partial charge in [-0.25, -0.2) is 9.36 Å². The van der Waals surface area contributed by atoms with Gasteiger partial charge in [-0.3, -0.25) is 9.59 Å². The number of carbonyl (C=O) groups excluding carboxylic acids is 1. The first-order chi connectivity index (χ1) is 11.5. The molecule has 0 aliphatic carbocycles. The van der Waals surface area contributed by atoms with E-state index in [1.165, 1.54) is 12.1 Å². The first kappa shape index (κ1) is 16.0. The zero-order chi connectivity index (χ0) is 17.1. The molecule has 1 N–H and O–H groups in total. The predicted molar refractivity (Wildman–Crippen MR) is 90.1 cm³/mol. The van der Waals surface area contributed by atoms with Crippen molar-refractivity contribution >= 4 is 28.5 Å². The van der Waals surface area contributed by atoms with Gasteiger partial charge in [0.15, 0.2) is 0 Å². The van der Waals surface area contributed by atoms with Crippen molar-refractivity contribution in [1.29, 1.82) is 0 Å². The number of benzene rings is 2. The van der Waals surface area contributed by atoms with E-state index in [1.54, 1.807) is 6.07 Å². The lowest BCUT2D eigenvalue weighted by Gasteiger charge is -2.07. The lowest BCUT2D eigenvalue weighted by molar-refractivity contribution is -0.145. The van der Waals surface area contributed by atoms with Crippen molar-refractivity contribution in [3.8, 4) is 0 Å². The van der Waals surface area contributed by atoms with Gasteiger partial charge in [-0.2, -0.15) is 0 Å². The maximum Gasteiger partial charge on any atom is 0.329 e. The molecule has 24 heavy (non-hydrogen) atoms. The average Bonchev–Trinajstić information content (AvgIpc) is 2.57. The standard InChI is InChI=1S/C17H13ClN2O4/c18-12-6-7-13-14(8-12)19-17(23)20(16(13)22)9-15(21)24-10-11-4-2-1-3-5-11/h1-8H,9-10H2,(H,19,23). The van der Waals surface area contributed by atoms with Crippen LogP contribution < -0.4 is 11.2 Å². The maximum absolute atomic E-state index is 12.4. The highest BCUT2D eigenvalue weighted by molar-refractivity contribution is 6.31. The Morgan fingerprint density at radius 2 is 1.88 bits per heavy atom.